The molecule has 136 valence electrons. The summed E-state index contributed by atoms with van der Waals surface area (Å²) in [5, 5.41) is -0.474. The Labute approximate surface area is 171 Å². The molecule has 0 amide bonds. The first-order valence-electron chi connectivity index (χ1n) is 9.79. The van der Waals surface area contributed by atoms with Crippen molar-refractivity contribution in [1.29, 1.82) is 0 Å². The molecule has 3 fully saturated rings. The van der Waals surface area contributed by atoms with Crippen molar-refractivity contribution in [3.8, 4) is 0 Å². The van der Waals surface area contributed by atoms with Crippen LogP contribution in [0.15, 0.2) is 0 Å². The zero-order valence-electron chi connectivity index (χ0n) is 14.3. The van der Waals surface area contributed by atoms with E-state index >= 15 is 0 Å². The van der Waals surface area contributed by atoms with E-state index in [9.17, 15) is 13.0 Å². The SMILES string of the molecule is O=S(=O)(O)C1CCCC(P(C2CCCCC2)C2CCCCC2)C1.[NaH]. The Bertz CT molecular complexity index is 455. The van der Waals surface area contributed by atoms with Crippen molar-refractivity contribution in [2.75, 3.05) is 0 Å². The fraction of sp³-hybridized carbons (Fsp3) is 1.00. The summed E-state index contributed by atoms with van der Waals surface area (Å²) in [6.07, 6.45) is 17.5. The molecule has 6 heteroatoms. The van der Waals surface area contributed by atoms with Gasteiger partial charge in [-0.3, -0.25) is 4.55 Å². The average molecular weight is 384 g/mol. The molecule has 0 bridgehead atoms. The van der Waals surface area contributed by atoms with E-state index in [0.29, 0.717) is 12.1 Å². The molecule has 3 saturated carbocycles. The Morgan fingerprint density at radius 2 is 1.12 bits per heavy atom. The van der Waals surface area contributed by atoms with Crippen molar-refractivity contribution in [2.45, 2.75) is 112 Å². The van der Waals surface area contributed by atoms with Crippen LogP contribution in [0.3, 0.4) is 0 Å². The molecular formula is C18H34NaO3PS. The molecule has 0 radical (unpaired) electrons. The van der Waals surface area contributed by atoms with E-state index in [2.05, 4.69) is 0 Å². The average Bonchev–Trinajstić information content (AvgIpc) is 2.57. The van der Waals surface area contributed by atoms with Gasteiger partial charge >= 0.3 is 29.6 Å². The third kappa shape index (κ3) is 5.67. The summed E-state index contributed by atoms with van der Waals surface area (Å²) in [5.74, 6) is 0. The molecular weight excluding hydrogens is 350 g/mol. The zero-order valence-corrected chi connectivity index (χ0v) is 16.0. The second-order valence-corrected chi connectivity index (χ2v) is 12.8. The second-order valence-electron chi connectivity index (χ2n) is 7.99. The van der Waals surface area contributed by atoms with Gasteiger partial charge in [-0.05, 0) is 61.9 Å². The van der Waals surface area contributed by atoms with Crippen LogP contribution in [-0.2, 0) is 10.1 Å². The molecule has 24 heavy (non-hydrogen) atoms. The fourth-order valence-corrected chi connectivity index (χ4v) is 11.1. The Hall–Kier alpha value is 1.34. The van der Waals surface area contributed by atoms with Gasteiger partial charge in [-0.25, -0.2) is 0 Å². The van der Waals surface area contributed by atoms with Crippen molar-refractivity contribution >= 4 is 47.6 Å². The first-order valence-corrected chi connectivity index (χ1v) is 12.8. The quantitative estimate of drug-likeness (QED) is 0.435. The van der Waals surface area contributed by atoms with E-state index in [4.69, 9.17) is 0 Å². The summed E-state index contributed by atoms with van der Waals surface area (Å²) in [6, 6.07) is 0. The van der Waals surface area contributed by atoms with Crippen LogP contribution >= 0.6 is 7.92 Å². The molecule has 3 rings (SSSR count). The summed E-state index contributed by atoms with van der Waals surface area (Å²) in [5.41, 5.74) is 2.36. The molecule has 0 saturated heterocycles. The van der Waals surface area contributed by atoms with Crippen LogP contribution < -0.4 is 0 Å². The van der Waals surface area contributed by atoms with Gasteiger partial charge in [0.15, 0.2) is 0 Å². The molecule has 3 aliphatic carbocycles. The maximum atomic E-state index is 11.7. The van der Waals surface area contributed by atoms with Gasteiger partial charge < -0.3 is 0 Å². The monoisotopic (exact) mass is 384 g/mol. The minimum atomic E-state index is -3.84. The van der Waals surface area contributed by atoms with Gasteiger partial charge in [0, 0.05) is 0 Å². The van der Waals surface area contributed by atoms with Gasteiger partial charge in [-0.15, -0.1) is 0 Å². The Morgan fingerprint density at radius 3 is 1.58 bits per heavy atom. The number of hydrogen-bond donors (Lipinski definition) is 1. The van der Waals surface area contributed by atoms with Crippen LogP contribution in [0.1, 0.15) is 89.9 Å². The molecule has 3 aliphatic rings. The molecule has 0 aromatic rings. The van der Waals surface area contributed by atoms with Crippen LogP contribution in [0.25, 0.3) is 0 Å². The Kier molecular flexibility index (Phi) is 9.05. The standard InChI is InChI=1S/C18H33O3PS.Na.H/c19-23(20,21)18-13-7-12-17(14-18)22(15-8-3-1-4-9-15)16-10-5-2-6-11-16;;/h15-18H,1-14H2,(H,19,20,21);;. The van der Waals surface area contributed by atoms with Crippen molar-refractivity contribution < 1.29 is 13.0 Å². The van der Waals surface area contributed by atoms with Crippen molar-refractivity contribution in [2.24, 2.45) is 0 Å². The predicted octanol–water partition coefficient (Wildman–Crippen LogP) is 4.68. The summed E-state index contributed by atoms with van der Waals surface area (Å²) < 4.78 is 32.9. The second kappa shape index (κ2) is 10.0. The van der Waals surface area contributed by atoms with E-state index in [1.807, 2.05) is 0 Å². The fourth-order valence-electron chi connectivity index (χ4n) is 5.31. The number of rotatable bonds is 4. The third-order valence-electron chi connectivity index (χ3n) is 6.43. The minimum absolute atomic E-state index is 0. The summed E-state index contributed by atoms with van der Waals surface area (Å²) >= 11 is 0. The van der Waals surface area contributed by atoms with Gasteiger partial charge in [-0.2, -0.15) is 8.42 Å². The van der Waals surface area contributed by atoms with Crippen LogP contribution in [-0.4, -0.2) is 64.8 Å². The van der Waals surface area contributed by atoms with Gasteiger partial charge in [0.05, 0.1) is 5.25 Å². The molecule has 0 aromatic heterocycles. The van der Waals surface area contributed by atoms with Crippen molar-refractivity contribution in [3.05, 3.63) is 0 Å². The van der Waals surface area contributed by atoms with E-state index in [1.54, 1.807) is 0 Å². The van der Waals surface area contributed by atoms with Crippen LogP contribution in [0.4, 0.5) is 0 Å². The normalized spacial score (nSPS) is 30.9. The predicted molar refractivity (Wildman–Crippen MR) is 105 cm³/mol. The number of hydrogen-bond acceptors (Lipinski definition) is 2. The molecule has 0 aliphatic heterocycles. The molecule has 0 aromatic carbocycles. The van der Waals surface area contributed by atoms with E-state index in [1.165, 1.54) is 70.6 Å². The topological polar surface area (TPSA) is 54.4 Å². The molecule has 3 nitrogen and oxygen atoms in total. The Morgan fingerprint density at radius 1 is 0.667 bits per heavy atom. The molecule has 0 spiro atoms. The zero-order chi connectivity index (χ0) is 16.3. The summed E-state index contributed by atoms with van der Waals surface area (Å²) in [4.78, 5) is 0. The first-order chi connectivity index (χ1) is 11.1. The van der Waals surface area contributed by atoms with Gasteiger partial charge in [-0.1, -0.05) is 52.9 Å². The Balaban J connectivity index is 0.00000208. The van der Waals surface area contributed by atoms with Crippen LogP contribution in [0.5, 0.6) is 0 Å². The molecule has 2 unspecified atom stereocenters. The first kappa shape index (κ1) is 21.6. The molecule has 2 atom stereocenters. The summed E-state index contributed by atoms with van der Waals surface area (Å²) in [6.45, 7) is 0. The van der Waals surface area contributed by atoms with E-state index < -0.39 is 15.4 Å². The van der Waals surface area contributed by atoms with Crippen molar-refractivity contribution in [3.63, 3.8) is 0 Å². The van der Waals surface area contributed by atoms with E-state index in [-0.39, 0.29) is 37.5 Å². The van der Waals surface area contributed by atoms with Crippen LogP contribution in [0, 0.1) is 0 Å². The maximum absolute atomic E-state index is 11.7. The molecule has 1 N–H and O–H groups in total. The third-order valence-corrected chi connectivity index (χ3v) is 11.7. The molecule has 0 heterocycles. The van der Waals surface area contributed by atoms with Crippen molar-refractivity contribution in [1.82, 2.24) is 0 Å². The van der Waals surface area contributed by atoms with E-state index in [0.717, 1.165) is 24.2 Å². The van der Waals surface area contributed by atoms with Gasteiger partial charge in [0.2, 0.25) is 0 Å². The summed E-state index contributed by atoms with van der Waals surface area (Å²) in [7, 11) is -3.91. The van der Waals surface area contributed by atoms with Gasteiger partial charge in [0.25, 0.3) is 10.1 Å². The van der Waals surface area contributed by atoms with Crippen LogP contribution in [0.2, 0.25) is 0 Å². The van der Waals surface area contributed by atoms with Gasteiger partial charge in [0.1, 0.15) is 0 Å².